The van der Waals surface area contributed by atoms with Crippen molar-refractivity contribution < 1.29 is 81.4 Å². The molecule has 0 aliphatic heterocycles. The zero-order valence-electron chi connectivity index (χ0n) is 17.6. The number of thiazole rings is 1. The summed E-state index contributed by atoms with van der Waals surface area (Å²) < 4.78 is 29.2. The van der Waals surface area contributed by atoms with Crippen molar-refractivity contribution in [2.75, 3.05) is 5.32 Å². The van der Waals surface area contributed by atoms with Crippen LogP contribution in [-0.4, -0.2) is 31.6 Å². The van der Waals surface area contributed by atoms with E-state index >= 15 is 0 Å². The maximum Gasteiger partial charge on any atom is 1.00 e. The van der Waals surface area contributed by atoms with Crippen LogP contribution in [0.2, 0.25) is 5.15 Å². The number of aromatic hydroxyl groups is 1. The molecule has 0 fully saturated rings. The van der Waals surface area contributed by atoms with E-state index in [0.29, 0.717) is 17.5 Å². The molecule has 0 bridgehead atoms. The van der Waals surface area contributed by atoms with Gasteiger partial charge in [-0.05, 0) is 19.4 Å². The Morgan fingerprint density at radius 1 is 1.29 bits per heavy atom. The van der Waals surface area contributed by atoms with Crippen LogP contribution in [0.4, 0.5) is 14.5 Å². The van der Waals surface area contributed by atoms with E-state index in [1.54, 1.807) is 4.57 Å². The van der Waals surface area contributed by atoms with Crippen LogP contribution in [0.15, 0.2) is 24.5 Å². The van der Waals surface area contributed by atoms with Crippen LogP contribution in [0.25, 0.3) is 10.6 Å². The molecule has 0 spiro atoms. The first-order valence-electron chi connectivity index (χ1n) is 8.76. The Hall–Kier alpha value is -1.34. The first-order valence-corrected chi connectivity index (χ1v) is 9.95. The number of halogens is 3. The minimum atomic E-state index is -1.16. The second-order valence-electron chi connectivity index (χ2n) is 6.29. The zero-order chi connectivity index (χ0) is 22.0. The number of aromatic carboxylic acids is 1. The van der Waals surface area contributed by atoms with Gasteiger partial charge in [-0.1, -0.05) is 11.6 Å². The third-order valence-electron chi connectivity index (χ3n) is 4.25. The van der Waals surface area contributed by atoms with Gasteiger partial charge in [0.05, 0.1) is 5.69 Å². The molecule has 2 aromatic heterocycles. The molecule has 0 saturated carbocycles. The number of amides is 1. The van der Waals surface area contributed by atoms with Crippen molar-refractivity contribution in [1.82, 2.24) is 9.55 Å². The van der Waals surface area contributed by atoms with Gasteiger partial charge in [0.2, 0.25) is 5.91 Å². The molecule has 3 N–H and O–H groups in total. The largest absolute Gasteiger partial charge is 1.00 e. The van der Waals surface area contributed by atoms with Crippen molar-refractivity contribution in [3.05, 3.63) is 51.8 Å². The number of nitrogens with zero attached hydrogens (tertiary/aromatic N) is 2. The van der Waals surface area contributed by atoms with E-state index < -0.39 is 29.3 Å². The summed E-state index contributed by atoms with van der Waals surface area (Å²) in [5, 5.41) is 21.2. The minimum absolute atomic E-state index is 0. The summed E-state index contributed by atoms with van der Waals surface area (Å²) in [7, 11) is 0. The Balaban J connectivity index is 0.00000256. The number of carboxylic acid groups (broad SMARTS) is 1. The normalized spacial score (nSPS) is 10.6. The Morgan fingerprint density at radius 3 is 2.65 bits per heavy atom. The van der Waals surface area contributed by atoms with Crippen LogP contribution in [-0.2, 0) is 17.8 Å². The zero-order valence-corrected chi connectivity index (χ0v) is 21.3. The summed E-state index contributed by atoms with van der Waals surface area (Å²) in [6.07, 6.45) is 3.10. The van der Waals surface area contributed by atoms with Gasteiger partial charge in [-0.15, -0.1) is 11.3 Å². The molecule has 12 heteroatoms. The number of carboxylic acids is 1. The van der Waals surface area contributed by atoms with E-state index in [4.69, 9.17) is 11.6 Å². The molecule has 3 aromatic rings. The van der Waals surface area contributed by atoms with E-state index in [0.717, 1.165) is 17.4 Å². The Labute approximate surface area is 229 Å². The van der Waals surface area contributed by atoms with Gasteiger partial charge in [0.25, 0.3) is 0 Å². The molecule has 160 valence electrons. The molecular formula is C19H17ClF2KN3O4S. The number of aryl methyl sites for hydroxylation is 2. The average molecular weight is 496 g/mol. The fourth-order valence-electron chi connectivity index (χ4n) is 2.70. The topological polar surface area (TPSA) is 104 Å². The van der Waals surface area contributed by atoms with E-state index in [2.05, 4.69) is 10.3 Å². The van der Waals surface area contributed by atoms with Gasteiger partial charge in [-0.3, -0.25) is 4.79 Å². The monoisotopic (exact) mass is 495 g/mol. The fraction of sp³-hybridized carbons (Fsp3) is 0.211. The number of rotatable bonds is 7. The SMILES string of the molecule is CCn1cc(NC(=O)CCc2sc(-c3cc(F)c(O)cc3F)nc2Cl)c(C(=O)O)c1.[H-].[K+]. The van der Waals surface area contributed by atoms with Crippen LogP contribution < -0.4 is 56.7 Å². The summed E-state index contributed by atoms with van der Waals surface area (Å²) in [6, 6.07) is 1.47. The number of benzene rings is 1. The minimum Gasteiger partial charge on any atom is -1.00 e. The molecular weight excluding hydrogens is 479 g/mol. The Morgan fingerprint density at radius 2 is 2.00 bits per heavy atom. The molecule has 0 unspecified atom stereocenters. The van der Waals surface area contributed by atoms with Gasteiger partial charge in [-0.25, -0.2) is 18.6 Å². The average Bonchev–Trinajstić information content (AvgIpc) is 3.26. The molecule has 0 radical (unpaired) electrons. The van der Waals surface area contributed by atoms with Crippen molar-refractivity contribution in [2.45, 2.75) is 26.3 Å². The van der Waals surface area contributed by atoms with E-state index in [1.807, 2.05) is 6.92 Å². The van der Waals surface area contributed by atoms with Gasteiger partial charge in [0, 0.05) is 41.9 Å². The summed E-state index contributed by atoms with van der Waals surface area (Å²) >= 11 is 7.07. The molecule has 31 heavy (non-hydrogen) atoms. The molecule has 2 heterocycles. The molecule has 7 nitrogen and oxygen atoms in total. The molecule has 3 rings (SSSR count). The van der Waals surface area contributed by atoms with Crippen molar-refractivity contribution >= 4 is 40.5 Å². The number of phenols is 1. The number of carbonyl (C=O) groups is 2. The number of nitrogens with one attached hydrogen (secondary N) is 1. The smallest absolute Gasteiger partial charge is 1.00 e. The first-order chi connectivity index (χ1) is 14.2. The maximum atomic E-state index is 14.0. The first kappa shape index (κ1) is 25.9. The van der Waals surface area contributed by atoms with Gasteiger partial charge in [0.15, 0.2) is 11.6 Å². The predicted octanol–water partition coefficient (Wildman–Crippen LogP) is 1.65. The molecule has 0 atom stereocenters. The molecule has 1 aromatic carbocycles. The van der Waals surface area contributed by atoms with Gasteiger partial charge >= 0.3 is 57.4 Å². The number of hydrogen-bond donors (Lipinski definition) is 3. The number of hydrogen-bond acceptors (Lipinski definition) is 5. The Bertz CT molecular complexity index is 1140. The number of anilines is 1. The van der Waals surface area contributed by atoms with Crippen LogP contribution in [0, 0.1) is 11.6 Å². The van der Waals surface area contributed by atoms with Crippen molar-refractivity contribution in [3.8, 4) is 16.3 Å². The van der Waals surface area contributed by atoms with E-state index in [1.165, 1.54) is 12.4 Å². The van der Waals surface area contributed by atoms with Crippen LogP contribution in [0.1, 0.15) is 30.0 Å². The van der Waals surface area contributed by atoms with Crippen LogP contribution in [0.5, 0.6) is 5.75 Å². The third-order valence-corrected chi connectivity index (χ3v) is 5.82. The Kier molecular flexibility index (Phi) is 9.19. The van der Waals surface area contributed by atoms with E-state index in [-0.39, 0.29) is 92.6 Å². The third kappa shape index (κ3) is 6.13. The fourth-order valence-corrected chi connectivity index (χ4v) is 4.02. The standard InChI is InChI=1S/C19H16ClF2N3O4S.K.H/c1-2-25-7-10(19(28)29)13(8-25)23-16(27)4-3-15-17(20)24-18(30-15)9-5-12(22)14(26)6-11(9)21;;/h5-8,26H,2-4H2,1H3,(H,23,27)(H,28,29);;/q;+1;-1. The number of aromatic nitrogens is 2. The van der Waals surface area contributed by atoms with Gasteiger partial charge < -0.3 is 21.5 Å². The molecule has 0 saturated heterocycles. The summed E-state index contributed by atoms with van der Waals surface area (Å²) in [5.41, 5.74) is 0.0140. The van der Waals surface area contributed by atoms with Crippen molar-refractivity contribution in [1.29, 1.82) is 0 Å². The van der Waals surface area contributed by atoms with Crippen LogP contribution >= 0.6 is 22.9 Å². The second kappa shape index (κ2) is 11.0. The summed E-state index contributed by atoms with van der Waals surface area (Å²) in [4.78, 5) is 28.1. The van der Waals surface area contributed by atoms with Crippen molar-refractivity contribution in [3.63, 3.8) is 0 Å². The molecule has 0 aliphatic rings. The van der Waals surface area contributed by atoms with E-state index in [9.17, 15) is 28.6 Å². The van der Waals surface area contributed by atoms with Gasteiger partial charge in [-0.2, -0.15) is 0 Å². The predicted molar refractivity (Wildman–Crippen MR) is 109 cm³/mol. The number of phenolic OH excluding ortho intramolecular Hbond substituents is 1. The maximum absolute atomic E-state index is 14.0. The van der Waals surface area contributed by atoms with Crippen LogP contribution in [0.3, 0.4) is 0 Å². The second-order valence-corrected chi connectivity index (χ2v) is 7.73. The summed E-state index contributed by atoms with van der Waals surface area (Å²) in [5.74, 6) is -4.25. The van der Waals surface area contributed by atoms with Crippen molar-refractivity contribution in [2.24, 2.45) is 0 Å². The number of carbonyl (C=O) groups excluding carboxylic acids is 1. The summed E-state index contributed by atoms with van der Waals surface area (Å²) in [6.45, 7) is 2.38. The molecule has 0 aliphatic carbocycles. The van der Waals surface area contributed by atoms with Gasteiger partial charge in [0.1, 0.15) is 21.5 Å². The quantitative estimate of drug-likeness (QED) is 0.432. The molecule has 1 amide bonds.